The second-order valence-corrected chi connectivity index (χ2v) is 6.44. The van der Waals surface area contributed by atoms with Crippen molar-refractivity contribution in [3.05, 3.63) is 45.7 Å². The Kier molecular flexibility index (Phi) is 4.42. The number of anilines is 2. The molecule has 0 aliphatic rings. The molecular formula is C16H20BrN3O. The van der Waals surface area contributed by atoms with Crippen molar-refractivity contribution < 1.29 is 4.79 Å². The number of benzene rings is 1. The minimum absolute atomic E-state index is 0.145. The molecule has 5 heteroatoms. The highest BCUT2D eigenvalue weighted by Gasteiger charge is 2.16. The minimum atomic E-state index is -0.145. The summed E-state index contributed by atoms with van der Waals surface area (Å²) in [6, 6.07) is 5.85. The van der Waals surface area contributed by atoms with E-state index in [4.69, 9.17) is 5.73 Å². The smallest absolute Gasteiger partial charge is 0.272 e. The Morgan fingerprint density at radius 3 is 2.33 bits per heavy atom. The molecule has 0 radical (unpaired) electrons. The summed E-state index contributed by atoms with van der Waals surface area (Å²) < 4.78 is 2.89. The Morgan fingerprint density at radius 2 is 1.81 bits per heavy atom. The molecular weight excluding hydrogens is 330 g/mol. The molecule has 0 atom stereocenters. The van der Waals surface area contributed by atoms with Crippen molar-refractivity contribution >= 4 is 33.2 Å². The van der Waals surface area contributed by atoms with Gasteiger partial charge in [-0.3, -0.25) is 4.79 Å². The Morgan fingerprint density at radius 1 is 1.24 bits per heavy atom. The number of amides is 1. The van der Waals surface area contributed by atoms with Gasteiger partial charge in [-0.2, -0.15) is 0 Å². The average molecular weight is 350 g/mol. The number of nitrogen functional groups attached to an aromatic ring is 1. The molecule has 3 N–H and O–H groups in total. The number of aryl methyl sites for hydroxylation is 2. The van der Waals surface area contributed by atoms with Crippen molar-refractivity contribution in [1.82, 2.24) is 4.57 Å². The fourth-order valence-corrected chi connectivity index (χ4v) is 3.08. The summed E-state index contributed by atoms with van der Waals surface area (Å²) in [4.78, 5) is 12.5. The first kappa shape index (κ1) is 15.6. The molecule has 1 amide bonds. The van der Waals surface area contributed by atoms with Crippen LogP contribution in [0.1, 0.15) is 41.5 Å². The second-order valence-electron chi connectivity index (χ2n) is 5.53. The zero-order valence-corrected chi connectivity index (χ0v) is 14.3. The van der Waals surface area contributed by atoms with Gasteiger partial charge in [0, 0.05) is 22.4 Å². The van der Waals surface area contributed by atoms with Crippen LogP contribution in [0, 0.1) is 13.8 Å². The number of rotatable bonds is 3. The van der Waals surface area contributed by atoms with E-state index in [2.05, 4.69) is 21.2 Å². The van der Waals surface area contributed by atoms with E-state index in [0.717, 1.165) is 21.3 Å². The Bertz CT molecular complexity index is 666. The lowest BCUT2D eigenvalue weighted by Crippen LogP contribution is -2.18. The number of carbonyl (C=O) groups is 1. The predicted octanol–water partition coefficient (Wildman–Crippen LogP) is 4.28. The molecule has 0 unspecified atom stereocenters. The van der Waals surface area contributed by atoms with Crippen LogP contribution in [0.25, 0.3) is 0 Å². The number of nitrogens with one attached hydrogen (secondary N) is 1. The molecule has 1 aromatic carbocycles. The van der Waals surface area contributed by atoms with Gasteiger partial charge in [-0.05, 0) is 57.0 Å². The molecule has 0 fully saturated rings. The predicted molar refractivity (Wildman–Crippen MR) is 90.8 cm³/mol. The fourth-order valence-electron chi connectivity index (χ4n) is 2.40. The maximum atomic E-state index is 12.5. The molecule has 0 saturated heterocycles. The largest absolute Gasteiger partial charge is 0.397 e. The molecule has 0 saturated carbocycles. The molecule has 2 rings (SSSR count). The van der Waals surface area contributed by atoms with E-state index in [1.807, 2.05) is 44.4 Å². The van der Waals surface area contributed by atoms with Crippen molar-refractivity contribution in [3.8, 4) is 0 Å². The van der Waals surface area contributed by atoms with Crippen LogP contribution in [-0.4, -0.2) is 10.5 Å². The first-order valence-corrected chi connectivity index (χ1v) is 7.64. The van der Waals surface area contributed by atoms with Gasteiger partial charge in [0.1, 0.15) is 5.69 Å². The van der Waals surface area contributed by atoms with E-state index >= 15 is 0 Å². The number of nitrogens with zero attached hydrogens (tertiary/aromatic N) is 1. The summed E-state index contributed by atoms with van der Waals surface area (Å²) in [6.07, 6.45) is 1.79. The van der Waals surface area contributed by atoms with Gasteiger partial charge in [0.05, 0.1) is 5.69 Å². The molecule has 0 spiro atoms. The molecule has 2 aromatic rings. The Labute approximate surface area is 133 Å². The lowest BCUT2D eigenvalue weighted by Gasteiger charge is -2.15. The molecule has 0 aliphatic heterocycles. The third-order valence-electron chi connectivity index (χ3n) is 3.39. The van der Waals surface area contributed by atoms with Gasteiger partial charge in [0.25, 0.3) is 5.91 Å². The van der Waals surface area contributed by atoms with E-state index in [-0.39, 0.29) is 11.9 Å². The van der Waals surface area contributed by atoms with Gasteiger partial charge in [0.15, 0.2) is 0 Å². The van der Waals surface area contributed by atoms with E-state index in [9.17, 15) is 4.79 Å². The molecule has 0 aliphatic carbocycles. The summed E-state index contributed by atoms with van der Waals surface area (Å²) in [6.45, 7) is 7.99. The van der Waals surface area contributed by atoms with E-state index in [1.165, 1.54) is 0 Å². The third kappa shape index (κ3) is 3.29. The third-order valence-corrected chi connectivity index (χ3v) is 3.85. The number of halogens is 1. The lowest BCUT2D eigenvalue weighted by atomic mass is 10.1. The fraction of sp³-hybridized carbons (Fsp3) is 0.312. The van der Waals surface area contributed by atoms with Crippen molar-refractivity contribution in [2.45, 2.75) is 33.7 Å². The van der Waals surface area contributed by atoms with Crippen LogP contribution in [-0.2, 0) is 0 Å². The highest BCUT2D eigenvalue weighted by molar-refractivity contribution is 9.10. The lowest BCUT2D eigenvalue weighted by molar-refractivity contribution is 0.101. The number of carbonyl (C=O) groups excluding carboxylic acids is 1. The van der Waals surface area contributed by atoms with Crippen LogP contribution in [0.4, 0.5) is 11.4 Å². The van der Waals surface area contributed by atoms with E-state index in [0.29, 0.717) is 11.4 Å². The standard InChI is InChI=1S/C16H20BrN3O/c1-9(2)20-8-13(18)7-14(20)16(21)19-15-10(3)5-12(17)6-11(15)4/h5-9H,18H2,1-4H3,(H,19,21). The normalized spacial score (nSPS) is 11.0. The number of hydrogen-bond donors (Lipinski definition) is 2. The van der Waals surface area contributed by atoms with Crippen LogP contribution in [0.2, 0.25) is 0 Å². The monoisotopic (exact) mass is 349 g/mol. The molecule has 4 nitrogen and oxygen atoms in total. The van der Waals surface area contributed by atoms with Crippen LogP contribution >= 0.6 is 15.9 Å². The summed E-state index contributed by atoms with van der Waals surface area (Å²) in [5.74, 6) is -0.145. The Hall–Kier alpha value is -1.75. The molecule has 1 heterocycles. The van der Waals surface area contributed by atoms with E-state index < -0.39 is 0 Å². The maximum Gasteiger partial charge on any atom is 0.272 e. The van der Waals surface area contributed by atoms with E-state index in [1.54, 1.807) is 12.3 Å². The highest BCUT2D eigenvalue weighted by atomic mass is 79.9. The summed E-state index contributed by atoms with van der Waals surface area (Å²) in [5.41, 5.74) is 9.87. The van der Waals surface area contributed by atoms with Gasteiger partial charge in [-0.15, -0.1) is 0 Å². The summed E-state index contributed by atoms with van der Waals surface area (Å²) in [5, 5.41) is 2.99. The van der Waals surface area contributed by atoms with Gasteiger partial charge in [0.2, 0.25) is 0 Å². The summed E-state index contributed by atoms with van der Waals surface area (Å²) >= 11 is 3.46. The van der Waals surface area contributed by atoms with Crippen molar-refractivity contribution in [2.24, 2.45) is 0 Å². The van der Waals surface area contributed by atoms with Crippen LogP contribution < -0.4 is 11.1 Å². The molecule has 112 valence electrons. The van der Waals surface area contributed by atoms with Gasteiger partial charge in [-0.25, -0.2) is 0 Å². The van der Waals surface area contributed by atoms with Gasteiger partial charge >= 0.3 is 0 Å². The van der Waals surface area contributed by atoms with Gasteiger partial charge < -0.3 is 15.6 Å². The quantitative estimate of drug-likeness (QED) is 0.868. The van der Waals surface area contributed by atoms with Crippen molar-refractivity contribution in [3.63, 3.8) is 0 Å². The summed E-state index contributed by atoms with van der Waals surface area (Å²) in [7, 11) is 0. The SMILES string of the molecule is Cc1cc(Br)cc(C)c1NC(=O)c1cc(N)cn1C(C)C. The molecule has 1 aromatic heterocycles. The van der Waals surface area contributed by atoms with Crippen LogP contribution in [0.3, 0.4) is 0 Å². The first-order chi connectivity index (χ1) is 9.79. The molecule has 21 heavy (non-hydrogen) atoms. The zero-order chi connectivity index (χ0) is 15.7. The number of aromatic nitrogens is 1. The van der Waals surface area contributed by atoms with Crippen LogP contribution in [0.5, 0.6) is 0 Å². The van der Waals surface area contributed by atoms with Crippen LogP contribution in [0.15, 0.2) is 28.9 Å². The number of hydrogen-bond acceptors (Lipinski definition) is 2. The minimum Gasteiger partial charge on any atom is -0.397 e. The number of nitrogens with two attached hydrogens (primary N) is 1. The zero-order valence-electron chi connectivity index (χ0n) is 12.7. The van der Waals surface area contributed by atoms with Gasteiger partial charge in [-0.1, -0.05) is 15.9 Å². The second kappa shape index (κ2) is 5.93. The van der Waals surface area contributed by atoms with Crippen molar-refractivity contribution in [2.75, 3.05) is 11.1 Å². The maximum absolute atomic E-state index is 12.5. The molecule has 0 bridgehead atoms. The highest BCUT2D eigenvalue weighted by Crippen LogP contribution is 2.26. The topological polar surface area (TPSA) is 60.1 Å². The van der Waals surface area contributed by atoms with Crippen molar-refractivity contribution in [1.29, 1.82) is 0 Å². The Balaban J connectivity index is 2.35. The first-order valence-electron chi connectivity index (χ1n) is 6.85. The average Bonchev–Trinajstić information content (AvgIpc) is 2.76.